The molecular formula is C25H16ClF3N2O3S2. The summed E-state index contributed by atoms with van der Waals surface area (Å²) in [6.45, 7) is -0.221. The zero-order chi connectivity index (χ0) is 25.9. The molecule has 3 aromatic rings. The molecule has 1 aliphatic rings. The highest BCUT2D eigenvalue weighted by Gasteiger charge is 2.36. The number of carbonyl (C=O) groups is 2. The second kappa shape index (κ2) is 10.7. The number of nitrogens with one attached hydrogen (secondary N) is 1. The Morgan fingerprint density at radius 3 is 2.50 bits per heavy atom. The van der Waals surface area contributed by atoms with Crippen LogP contribution in [-0.4, -0.2) is 22.7 Å². The molecule has 0 atom stereocenters. The van der Waals surface area contributed by atoms with Crippen LogP contribution in [0.3, 0.4) is 0 Å². The summed E-state index contributed by atoms with van der Waals surface area (Å²) in [4.78, 5) is 26.3. The molecule has 11 heteroatoms. The largest absolute Gasteiger partial charge is 0.484 e. The Labute approximate surface area is 218 Å². The van der Waals surface area contributed by atoms with Gasteiger partial charge in [0.15, 0.2) is 10.9 Å². The van der Waals surface area contributed by atoms with E-state index in [4.69, 9.17) is 28.6 Å². The highest BCUT2D eigenvalue weighted by Crippen LogP contribution is 2.38. The Balaban J connectivity index is 1.40. The van der Waals surface area contributed by atoms with Crippen molar-refractivity contribution in [1.29, 1.82) is 0 Å². The third kappa shape index (κ3) is 6.26. The van der Waals surface area contributed by atoms with E-state index in [-0.39, 0.29) is 27.4 Å². The van der Waals surface area contributed by atoms with Crippen molar-refractivity contribution >= 4 is 69.2 Å². The molecule has 1 N–H and O–H groups in total. The summed E-state index contributed by atoms with van der Waals surface area (Å²) in [5.41, 5.74) is 0.384. The molecule has 1 heterocycles. The van der Waals surface area contributed by atoms with Gasteiger partial charge >= 0.3 is 6.18 Å². The lowest BCUT2D eigenvalue weighted by atomic mass is 10.1. The summed E-state index contributed by atoms with van der Waals surface area (Å²) in [5, 5.41) is 3.17. The average molecular weight is 549 g/mol. The second-order valence-corrected chi connectivity index (χ2v) is 9.59. The van der Waals surface area contributed by atoms with Crippen LogP contribution in [0.15, 0.2) is 77.7 Å². The van der Waals surface area contributed by atoms with Crippen LogP contribution in [0.2, 0.25) is 5.02 Å². The lowest BCUT2D eigenvalue weighted by Crippen LogP contribution is -2.27. The summed E-state index contributed by atoms with van der Waals surface area (Å²) in [6, 6.07) is 17.8. The number of hydrogen-bond donors (Lipinski definition) is 1. The number of amides is 2. The SMILES string of the molecule is O=C(COc1ccc(/C=C2\SC(=S)N(c3cccc(C(F)(F)F)c3)C2=O)cc1)Nc1cccc(Cl)c1. The molecule has 4 rings (SSSR count). The summed E-state index contributed by atoms with van der Waals surface area (Å²) in [5.74, 6) is -0.438. The fraction of sp³-hybridized carbons (Fsp3) is 0.0800. The number of rotatable bonds is 6. The van der Waals surface area contributed by atoms with Crippen molar-refractivity contribution < 1.29 is 27.5 Å². The number of thiocarbonyl (C=S) groups is 1. The highest BCUT2D eigenvalue weighted by atomic mass is 35.5. The van der Waals surface area contributed by atoms with Gasteiger partial charge in [0.25, 0.3) is 11.8 Å². The molecule has 0 radical (unpaired) electrons. The minimum Gasteiger partial charge on any atom is -0.484 e. The first-order valence-corrected chi connectivity index (χ1v) is 11.9. The maximum atomic E-state index is 13.1. The molecule has 0 saturated carbocycles. The summed E-state index contributed by atoms with van der Waals surface area (Å²) in [7, 11) is 0. The number of hydrogen-bond acceptors (Lipinski definition) is 5. The summed E-state index contributed by atoms with van der Waals surface area (Å²) < 4.78 is 44.8. The van der Waals surface area contributed by atoms with Gasteiger partial charge in [-0.25, -0.2) is 0 Å². The molecule has 5 nitrogen and oxygen atoms in total. The molecule has 1 aliphatic heterocycles. The molecule has 0 bridgehead atoms. The van der Waals surface area contributed by atoms with Gasteiger partial charge in [-0.15, -0.1) is 0 Å². The van der Waals surface area contributed by atoms with Crippen LogP contribution >= 0.6 is 35.6 Å². The van der Waals surface area contributed by atoms with Crippen LogP contribution < -0.4 is 15.0 Å². The van der Waals surface area contributed by atoms with E-state index in [0.717, 1.165) is 28.8 Å². The molecule has 0 aromatic heterocycles. The Morgan fingerprint density at radius 1 is 1.08 bits per heavy atom. The first kappa shape index (κ1) is 25.7. The van der Waals surface area contributed by atoms with E-state index >= 15 is 0 Å². The number of alkyl halides is 3. The van der Waals surface area contributed by atoms with Crippen molar-refractivity contribution in [1.82, 2.24) is 0 Å². The maximum absolute atomic E-state index is 13.1. The smallest absolute Gasteiger partial charge is 0.416 e. The maximum Gasteiger partial charge on any atom is 0.416 e. The van der Waals surface area contributed by atoms with Crippen LogP contribution in [0.1, 0.15) is 11.1 Å². The van der Waals surface area contributed by atoms with E-state index < -0.39 is 17.6 Å². The number of thioether (sulfide) groups is 1. The third-order valence-electron chi connectivity index (χ3n) is 4.88. The molecule has 1 fully saturated rings. The van der Waals surface area contributed by atoms with Gasteiger partial charge in [-0.2, -0.15) is 13.2 Å². The molecule has 2 amide bonds. The van der Waals surface area contributed by atoms with Crippen molar-refractivity contribution in [2.45, 2.75) is 6.18 Å². The van der Waals surface area contributed by atoms with Gasteiger partial charge in [0.1, 0.15) is 5.75 Å². The predicted molar refractivity (Wildman–Crippen MR) is 139 cm³/mol. The lowest BCUT2D eigenvalue weighted by Gasteiger charge is -2.16. The van der Waals surface area contributed by atoms with Crippen LogP contribution in [0.4, 0.5) is 24.5 Å². The number of benzene rings is 3. The van der Waals surface area contributed by atoms with Crippen LogP contribution in [0.5, 0.6) is 5.75 Å². The van der Waals surface area contributed by atoms with Gasteiger partial charge in [0.05, 0.1) is 16.2 Å². The molecule has 0 spiro atoms. The van der Waals surface area contributed by atoms with Gasteiger partial charge in [-0.1, -0.05) is 59.8 Å². The minimum atomic E-state index is -4.54. The summed E-state index contributed by atoms with van der Waals surface area (Å²) >= 11 is 12.1. The van der Waals surface area contributed by atoms with E-state index in [1.54, 1.807) is 54.6 Å². The van der Waals surface area contributed by atoms with Gasteiger partial charge in [0.2, 0.25) is 0 Å². The third-order valence-corrected chi connectivity index (χ3v) is 6.42. The van der Waals surface area contributed by atoms with Crippen molar-refractivity contribution in [2.75, 3.05) is 16.8 Å². The number of nitrogens with zero attached hydrogens (tertiary/aromatic N) is 1. The van der Waals surface area contributed by atoms with Gasteiger partial charge < -0.3 is 10.1 Å². The lowest BCUT2D eigenvalue weighted by molar-refractivity contribution is -0.137. The second-order valence-electron chi connectivity index (χ2n) is 7.48. The van der Waals surface area contributed by atoms with Gasteiger partial charge in [-0.05, 0) is 60.2 Å². The van der Waals surface area contributed by atoms with E-state index in [1.807, 2.05) is 0 Å². The van der Waals surface area contributed by atoms with E-state index in [1.165, 1.54) is 12.1 Å². The molecular weight excluding hydrogens is 533 g/mol. The van der Waals surface area contributed by atoms with Crippen molar-refractivity contribution in [3.8, 4) is 5.75 Å². The average Bonchev–Trinajstić information content (AvgIpc) is 3.10. The Hall–Kier alpha value is -3.34. The van der Waals surface area contributed by atoms with E-state index in [9.17, 15) is 22.8 Å². The first-order valence-electron chi connectivity index (χ1n) is 10.3. The molecule has 3 aromatic carbocycles. The van der Waals surface area contributed by atoms with Crippen LogP contribution in [-0.2, 0) is 15.8 Å². The van der Waals surface area contributed by atoms with E-state index in [0.29, 0.717) is 22.0 Å². The van der Waals surface area contributed by atoms with Crippen LogP contribution in [0.25, 0.3) is 6.08 Å². The Morgan fingerprint density at radius 2 is 1.81 bits per heavy atom. The zero-order valence-electron chi connectivity index (χ0n) is 18.2. The van der Waals surface area contributed by atoms with Gasteiger partial charge in [0, 0.05) is 10.7 Å². The fourth-order valence-electron chi connectivity index (χ4n) is 3.24. The molecule has 1 saturated heterocycles. The van der Waals surface area contributed by atoms with E-state index in [2.05, 4.69) is 5.32 Å². The molecule has 0 aliphatic carbocycles. The molecule has 36 heavy (non-hydrogen) atoms. The van der Waals surface area contributed by atoms with Crippen molar-refractivity contribution in [2.24, 2.45) is 0 Å². The standard InChI is InChI=1S/C25H16ClF3N2O3S2/c26-17-4-2-5-18(13-17)30-22(32)14-34-20-9-7-15(8-10-20)11-21-23(33)31(24(35)36-21)19-6-1-3-16(12-19)25(27,28)29/h1-13H,14H2,(H,30,32)/b21-11-. The predicted octanol–water partition coefficient (Wildman–Crippen LogP) is 6.78. The van der Waals surface area contributed by atoms with Crippen LogP contribution in [0, 0.1) is 0 Å². The number of anilines is 2. The summed E-state index contributed by atoms with van der Waals surface area (Å²) in [6.07, 6.45) is -2.95. The van der Waals surface area contributed by atoms with Crippen molar-refractivity contribution in [3.63, 3.8) is 0 Å². The highest BCUT2D eigenvalue weighted by molar-refractivity contribution is 8.27. The molecule has 0 unspecified atom stereocenters. The number of carbonyl (C=O) groups excluding carboxylic acids is 2. The Bertz CT molecular complexity index is 1360. The van der Waals surface area contributed by atoms with Gasteiger partial charge in [-0.3, -0.25) is 14.5 Å². The fourth-order valence-corrected chi connectivity index (χ4v) is 4.72. The number of ether oxygens (including phenoxy) is 1. The number of halogens is 4. The van der Waals surface area contributed by atoms with Crippen molar-refractivity contribution in [3.05, 3.63) is 93.9 Å². The first-order chi connectivity index (χ1) is 17.1. The minimum absolute atomic E-state index is 0.0514. The monoisotopic (exact) mass is 548 g/mol. The molecule has 184 valence electrons. The Kier molecular flexibility index (Phi) is 7.67. The topological polar surface area (TPSA) is 58.6 Å². The normalized spacial score (nSPS) is 14.9. The zero-order valence-corrected chi connectivity index (χ0v) is 20.6. The quantitative estimate of drug-likeness (QED) is 0.272.